The molecule has 1 amide bonds. The van der Waals surface area contributed by atoms with Crippen LogP contribution in [0.25, 0.3) is 0 Å². The number of anilines is 1. The summed E-state index contributed by atoms with van der Waals surface area (Å²) in [6, 6.07) is 7.35. The minimum atomic E-state index is -0.0679. The van der Waals surface area contributed by atoms with E-state index >= 15 is 0 Å². The zero-order valence-corrected chi connectivity index (χ0v) is 12.1. The van der Waals surface area contributed by atoms with E-state index in [1.54, 1.807) is 6.07 Å². The van der Waals surface area contributed by atoms with Crippen LogP contribution in [0.3, 0.4) is 0 Å². The molecule has 0 radical (unpaired) electrons. The van der Waals surface area contributed by atoms with Gasteiger partial charge in [0.15, 0.2) is 0 Å². The third-order valence-electron chi connectivity index (χ3n) is 2.83. The van der Waals surface area contributed by atoms with E-state index in [-0.39, 0.29) is 5.91 Å². The molecule has 1 heterocycles. The molecule has 0 unspecified atom stereocenters. The summed E-state index contributed by atoms with van der Waals surface area (Å²) in [5.74, 6) is -0.0679. The monoisotopic (exact) mass is 279 g/mol. The molecule has 4 heteroatoms. The zero-order valence-electron chi connectivity index (χ0n) is 10.5. The van der Waals surface area contributed by atoms with Crippen molar-refractivity contribution >= 4 is 34.5 Å². The van der Waals surface area contributed by atoms with Crippen molar-refractivity contribution in [3.8, 4) is 0 Å². The van der Waals surface area contributed by atoms with Gasteiger partial charge in [0.2, 0.25) is 0 Å². The van der Waals surface area contributed by atoms with Crippen LogP contribution in [0.5, 0.6) is 0 Å². The minimum Gasteiger partial charge on any atom is -0.321 e. The van der Waals surface area contributed by atoms with Gasteiger partial charge >= 0.3 is 0 Å². The molecular formula is C14H14ClNOS. The minimum absolute atomic E-state index is 0.0679. The lowest BCUT2D eigenvalue weighted by atomic mass is 10.2. The molecule has 94 valence electrons. The van der Waals surface area contributed by atoms with E-state index < -0.39 is 0 Å². The molecular weight excluding hydrogens is 266 g/mol. The molecule has 2 aromatic rings. The van der Waals surface area contributed by atoms with Crippen LogP contribution >= 0.6 is 22.9 Å². The van der Waals surface area contributed by atoms with E-state index in [9.17, 15) is 4.79 Å². The highest BCUT2D eigenvalue weighted by Gasteiger charge is 2.11. The standard InChI is InChI=1S/C14H14ClNOS/c1-8-7-13(18-10(8)3)14(17)16-12-5-4-11(15)6-9(12)2/h4-7H,1-3H3,(H,16,17). The summed E-state index contributed by atoms with van der Waals surface area (Å²) >= 11 is 7.40. The van der Waals surface area contributed by atoms with E-state index in [0.717, 1.165) is 21.7 Å². The zero-order chi connectivity index (χ0) is 13.3. The number of thiophene rings is 1. The van der Waals surface area contributed by atoms with Crippen LogP contribution in [0.1, 0.15) is 25.7 Å². The van der Waals surface area contributed by atoms with Crippen LogP contribution in [0.2, 0.25) is 5.02 Å². The fourth-order valence-corrected chi connectivity index (χ4v) is 2.79. The van der Waals surface area contributed by atoms with Crippen molar-refractivity contribution in [2.75, 3.05) is 5.32 Å². The van der Waals surface area contributed by atoms with Crippen molar-refractivity contribution in [3.05, 3.63) is 50.2 Å². The Hall–Kier alpha value is -1.32. The van der Waals surface area contributed by atoms with Crippen molar-refractivity contribution < 1.29 is 4.79 Å². The highest BCUT2D eigenvalue weighted by molar-refractivity contribution is 7.14. The third-order valence-corrected chi connectivity index (χ3v) is 4.21. The lowest BCUT2D eigenvalue weighted by Gasteiger charge is -2.07. The molecule has 1 aromatic heterocycles. The molecule has 0 aliphatic carbocycles. The Bertz CT molecular complexity index is 584. The second-order valence-corrected chi connectivity index (χ2v) is 5.96. The van der Waals surface area contributed by atoms with Gasteiger partial charge in [-0.05, 0) is 56.2 Å². The van der Waals surface area contributed by atoms with E-state index in [1.807, 2.05) is 39.0 Å². The Morgan fingerprint density at radius 2 is 1.89 bits per heavy atom. The lowest BCUT2D eigenvalue weighted by Crippen LogP contribution is -2.11. The number of hydrogen-bond donors (Lipinski definition) is 1. The third kappa shape index (κ3) is 2.74. The van der Waals surface area contributed by atoms with E-state index in [1.165, 1.54) is 16.2 Å². The molecule has 0 saturated heterocycles. The van der Waals surface area contributed by atoms with Crippen molar-refractivity contribution in [3.63, 3.8) is 0 Å². The molecule has 0 bridgehead atoms. The van der Waals surface area contributed by atoms with Crippen LogP contribution in [-0.4, -0.2) is 5.91 Å². The summed E-state index contributed by atoms with van der Waals surface area (Å²) in [6.45, 7) is 5.95. The second kappa shape index (κ2) is 5.12. The molecule has 2 nitrogen and oxygen atoms in total. The Kier molecular flexibility index (Phi) is 3.73. The van der Waals surface area contributed by atoms with E-state index in [4.69, 9.17) is 11.6 Å². The van der Waals surface area contributed by atoms with Gasteiger partial charge in [0.25, 0.3) is 5.91 Å². The normalized spacial score (nSPS) is 10.4. The van der Waals surface area contributed by atoms with Gasteiger partial charge in [-0.2, -0.15) is 0 Å². The molecule has 0 aliphatic heterocycles. The van der Waals surface area contributed by atoms with Gasteiger partial charge in [0.1, 0.15) is 0 Å². The number of halogens is 1. The van der Waals surface area contributed by atoms with Gasteiger partial charge in [0, 0.05) is 15.6 Å². The maximum Gasteiger partial charge on any atom is 0.265 e. The second-order valence-electron chi connectivity index (χ2n) is 4.26. The summed E-state index contributed by atoms with van der Waals surface area (Å²) in [7, 11) is 0. The van der Waals surface area contributed by atoms with Gasteiger partial charge < -0.3 is 5.32 Å². The molecule has 0 saturated carbocycles. The van der Waals surface area contributed by atoms with Crippen molar-refractivity contribution in [2.24, 2.45) is 0 Å². The summed E-state index contributed by atoms with van der Waals surface area (Å²) in [4.78, 5) is 14.0. The molecule has 0 spiro atoms. The quantitative estimate of drug-likeness (QED) is 0.857. The average molecular weight is 280 g/mol. The summed E-state index contributed by atoms with van der Waals surface area (Å²) in [6.07, 6.45) is 0. The van der Waals surface area contributed by atoms with Gasteiger partial charge in [-0.1, -0.05) is 11.6 Å². The van der Waals surface area contributed by atoms with Crippen LogP contribution < -0.4 is 5.32 Å². The number of carbonyl (C=O) groups is 1. The first-order valence-electron chi connectivity index (χ1n) is 5.62. The predicted molar refractivity (Wildman–Crippen MR) is 77.9 cm³/mol. The van der Waals surface area contributed by atoms with Gasteiger partial charge in [-0.25, -0.2) is 0 Å². The summed E-state index contributed by atoms with van der Waals surface area (Å²) in [5, 5.41) is 3.58. The number of amides is 1. The summed E-state index contributed by atoms with van der Waals surface area (Å²) in [5.41, 5.74) is 2.91. The number of nitrogens with one attached hydrogen (secondary N) is 1. The molecule has 1 aromatic carbocycles. The average Bonchev–Trinajstić information content (AvgIpc) is 2.63. The molecule has 0 atom stereocenters. The van der Waals surface area contributed by atoms with Crippen LogP contribution in [-0.2, 0) is 0 Å². The number of rotatable bonds is 2. The Morgan fingerprint density at radius 3 is 2.44 bits per heavy atom. The highest BCUT2D eigenvalue weighted by Crippen LogP contribution is 2.24. The van der Waals surface area contributed by atoms with Crippen molar-refractivity contribution in [2.45, 2.75) is 20.8 Å². The van der Waals surface area contributed by atoms with Crippen LogP contribution in [0, 0.1) is 20.8 Å². The smallest absolute Gasteiger partial charge is 0.265 e. The van der Waals surface area contributed by atoms with Gasteiger partial charge in [0.05, 0.1) is 4.88 Å². The first-order valence-corrected chi connectivity index (χ1v) is 6.81. The molecule has 0 aliphatic rings. The number of hydrogen-bond acceptors (Lipinski definition) is 2. The summed E-state index contributed by atoms with van der Waals surface area (Å²) < 4.78 is 0. The van der Waals surface area contributed by atoms with E-state index in [0.29, 0.717) is 5.02 Å². The Labute approximate surface area is 116 Å². The van der Waals surface area contributed by atoms with E-state index in [2.05, 4.69) is 5.32 Å². The van der Waals surface area contributed by atoms with Gasteiger partial charge in [-0.15, -0.1) is 11.3 Å². The van der Waals surface area contributed by atoms with Crippen molar-refractivity contribution in [1.82, 2.24) is 0 Å². The highest BCUT2D eigenvalue weighted by atomic mass is 35.5. The number of aryl methyl sites for hydroxylation is 3. The lowest BCUT2D eigenvalue weighted by molar-refractivity contribution is 0.103. The van der Waals surface area contributed by atoms with Crippen LogP contribution in [0.15, 0.2) is 24.3 Å². The Balaban J connectivity index is 2.21. The predicted octanol–water partition coefficient (Wildman–Crippen LogP) is 4.58. The maximum atomic E-state index is 12.1. The maximum absolute atomic E-state index is 12.1. The molecule has 18 heavy (non-hydrogen) atoms. The topological polar surface area (TPSA) is 29.1 Å². The number of carbonyl (C=O) groups excluding carboxylic acids is 1. The fourth-order valence-electron chi connectivity index (χ4n) is 1.64. The largest absolute Gasteiger partial charge is 0.321 e. The van der Waals surface area contributed by atoms with Crippen LogP contribution in [0.4, 0.5) is 5.69 Å². The van der Waals surface area contributed by atoms with Gasteiger partial charge in [-0.3, -0.25) is 4.79 Å². The number of benzene rings is 1. The van der Waals surface area contributed by atoms with Crippen molar-refractivity contribution in [1.29, 1.82) is 0 Å². The first kappa shape index (κ1) is 13.1. The Morgan fingerprint density at radius 1 is 1.17 bits per heavy atom. The first-order chi connectivity index (χ1) is 8.47. The molecule has 0 fully saturated rings. The fraction of sp³-hybridized carbons (Fsp3) is 0.214. The molecule has 1 N–H and O–H groups in total. The molecule has 2 rings (SSSR count). The SMILES string of the molecule is Cc1cc(Cl)ccc1NC(=O)c1cc(C)c(C)s1.